The number of unbranched alkanes of at least 4 members (excludes halogenated alkanes) is 21. The van der Waals surface area contributed by atoms with Crippen LogP contribution in [-0.2, 0) is 19.1 Å². The molecule has 4 nitrogen and oxygen atoms in total. The van der Waals surface area contributed by atoms with Gasteiger partial charge in [0, 0.05) is 12.8 Å². The molecule has 4 heteroatoms. The summed E-state index contributed by atoms with van der Waals surface area (Å²) in [5, 5.41) is 0. The fourth-order valence-corrected chi connectivity index (χ4v) is 6.76. The summed E-state index contributed by atoms with van der Waals surface area (Å²) >= 11 is 0. The molecule has 0 N–H and O–H groups in total. The van der Waals surface area contributed by atoms with Crippen LogP contribution in [0.15, 0.2) is 0 Å². The van der Waals surface area contributed by atoms with Gasteiger partial charge in [0.2, 0.25) is 0 Å². The van der Waals surface area contributed by atoms with E-state index in [4.69, 9.17) is 9.47 Å². The first-order valence-electron chi connectivity index (χ1n) is 20.7. The highest BCUT2D eigenvalue weighted by molar-refractivity contribution is 5.71. The average Bonchev–Trinajstić information content (AvgIpc) is 3.02. The Labute approximate surface area is 288 Å². The molecule has 0 bridgehead atoms. The van der Waals surface area contributed by atoms with Crippen molar-refractivity contribution in [2.75, 3.05) is 0 Å². The van der Waals surface area contributed by atoms with Crippen molar-refractivity contribution in [2.24, 2.45) is 0 Å². The van der Waals surface area contributed by atoms with Gasteiger partial charge in [-0.05, 0) is 78.1 Å². The lowest BCUT2D eigenvalue weighted by molar-refractivity contribution is -0.162. The van der Waals surface area contributed by atoms with Crippen LogP contribution in [-0.4, -0.2) is 23.1 Å². The Morgan fingerprint density at radius 1 is 0.348 bits per heavy atom. The van der Waals surface area contributed by atoms with Gasteiger partial charge in [0.15, 0.2) is 0 Å². The predicted molar refractivity (Wildman–Crippen MR) is 199 cm³/mol. The molecular formula is C42H82O4. The summed E-state index contributed by atoms with van der Waals surface area (Å²) in [5.74, 6) is -0.188. The summed E-state index contributed by atoms with van der Waals surface area (Å²) in [6.07, 6.45) is 36.1. The molecule has 0 amide bonds. The largest absolute Gasteiger partial charge is 0.459 e. The number of rotatable bonds is 35. The molecule has 0 rings (SSSR count). The van der Waals surface area contributed by atoms with Crippen LogP contribution in [0, 0.1) is 0 Å². The maximum atomic E-state index is 13.0. The fourth-order valence-electron chi connectivity index (χ4n) is 6.76. The lowest BCUT2D eigenvalue weighted by Gasteiger charge is -2.30. The molecule has 0 spiro atoms. The van der Waals surface area contributed by atoms with E-state index in [1.54, 1.807) is 0 Å². The number of carbonyl (C=O) groups is 2. The van der Waals surface area contributed by atoms with E-state index in [1.165, 1.54) is 128 Å². The number of hydrogen-bond donors (Lipinski definition) is 0. The lowest BCUT2D eigenvalue weighted by atomic mass is 9.91. The minimum atomic E-state index is -0.361. The van der Waals surface area contributed by atoms with Crippen molar-refractivity contribution in [3.63, 3.8) is 0 Å². The third-order valence-corrected chi connectivity index (χ3v) is 9.97. The highest BCUT2D eigenvalue weighted by atomic mass is 16.6. The first kappa shape index (κ1) is 44.9. The summed E-state index contributed by atoms with van der Waals surface area (Å²) in [6.45, 7) is 13.3. The topological polar surface area (TPSA) is 52.6 Å². The highest BCUT2D eigenvalue weighted by Gasteiger charge is 2.29. The van der Waals surface area contributed by atoms with E-state index >= 15 is 0 Å². The van der Waals surface area contributed by atoms with Crippen molar-refractivity contribution in [1.82, 2.24) is 0 Å². The molecule has 274 valence electrons. The summed E-state index contributed by atoms with van der Waals surface area (Å²) in [5.41, 5.74) is -0.721. The Morgan fingerprint density at radius 2 is 0.565 bits per heavy atom. The van der Waals surface area contributed by atoms with Gasteiger partial charge in [0.25, 0.3) is 0 Å². The lowest BCUT2D eigenvalue weighted by Crippen LogP contribution is -2.32. The number of carbonyl (C=O) groups excluding carboxylic acids is 2. The Hall–Kier alpha value is -1.06. The molecule has 0 aliphatic carbocycles. The van der Waals surface area contributed by atoms with Gasteiger partial charge in [-0.2, -0.15) is 0 Å². The molecule has 0 saturated heterocycles. The molecule has 0 aromatic rings. The van der Waals surface area contributed by atoms with Crippen molar-refractivity contribution in [1.29, 1.82) is 0 Å². The molecule has 0 aromatic heterocycles. The second kappa shape index (κ2) is 31.2. The molecular weight excluding hydrogens is 568 g/mol. The van der Waals surface area contributed by atoms with Gasteiger partial charge in [-0.1, -0.05) is 156 Å². The molecule has 2 unspecified atom stereocenters. The van der Waals surface area contributed by atoms with Crippen LogP contribution in [0.3, 0.4) is 0 Å². The minimum Gasteiger partial charge on any atom is -0.459 e. The molecule has 0 aromatic carbocycles. The SMILES string of the molecule is CCCCCCCCCC(C)(CCCCCCC)OC(=O)CCCCC(=O)OC(C)(CCCCCCC)CCCCCCCCC. The predicted octanol–water partition coefficient (Wildman–Crippen LogP) is 14.2. The van der Waals surface area contributed by atoms with E-state index in [2.05, 4.69) is 41.5 Å². The standard InChI is InChI=1S/C42H82O4/c1-7-11-15-19-21-25-31-37-41(5,35-29-23-17-13-9-3)45-39(43)33-27-28-34-40(44)46-42(6,36-30-24-18-14-10-4)38-32-26-22-20-16-12-8-2/h7-38H2,1-6H3. The molecule has 0 saturated carbocycles. The smallest absolute Gasteiger partial charge is 0.306 e. The van der Waals surface area contributed by atoms with E-state index in [-0.39, 0.29) is 23.1 Å². The third-order valence-electron chi connectivity index (χ3n) is 9.97. The van der Waals surface area contributed by atoms with Crippen molar-refractivity contribution >= 4 is 11.9 Å². The Balaban J connectivity index is 4.70. The van der Waals surface area contributed by atoms with Crippen LogP contribution < -0.4 is 0 Å². The zero-order valence-electron chi connectivity index (χ0n) is 32.3. The Morgan fingerprint density at radius 3 is 0.804 bits per heavy atom. The van der Waals surface area contributed by atoms with Crippen molar-refractivity contribution in [3.8, 4) is 0 Å². The molecule has 0 fully saturated rings. The third kappa shape index (κ3) is 28.0. The summed E-state index contributed by atoms with van der Waals surface area (Å²) in [6, 6.07) is 0. The molecule has 46 heavy (non-hydrogen) atoms. The van der Waals surface area contributed by atoms with Crippen LogP contribution in [0.5, 0.6) is 0 Å². The van der Waals surface area contributed by atoms with E-state index in [0.29, 0.717) is 25.7 Å². The minimum absolute atomic E-state index is 0.0942. The fraction of sp³-hybridized carbons (Fsp3) is 0.952. The maximum Gasteiger partial charge on any atom is 0.306 e. The molecule has 2 atom stereocenters. The van der Waals surface area contributed by atoms with Crippen LogP contribution in [0.4, 0.5) is 0 Å². The van der Waals surface area contributed by atoms with Gasteiger partial charge < -0.3 is 9.47 Å². The molecule has 0 radical (unpaired) electrons. The van der Waals surface area contributed by atoms with Gasteiger partial charge in [0.05, 0.1) is 0 Å². The Kier molecular flexibility index (Phi) is 30.5. The summed E-state index contributed by atoms with van der Waals surface area (Å²) < 4.78 is 12.4. The first-order valence-corrected chi connectivity index (χ1v) is 20.7. The first-order chi connectivity index (χ1) is 22.2. The van der Waals surface area contributed by atoms with Crippen LogP contribution in [0.25, 0.3) is 0 Å². The van der Waals surface area contributed by atoms with Crippen molar-refractivity contribution < 1.29 is 19.1 Å². The Bertz CT molecular complexity index is 633. The van der Waals surface area contributed by atoms with Gasteiger partial charge in [-0.25, -0.2) is 0 Å². The van der Waals surface area contributed by atoms with E-state index in [1.807, 2.05) is 0 Å². The highest BCUT2D eigenvalue weighted by Crippen LogP contribution is 2.29. The number of ether oxygens (including phenoxy) is 2. The normalized spacial score (nSPS) is 14.1. The van der Waals surface area contributed by atoms with Crippen molar-refractivity contribution in [3.05, 3.63) is 0 Å². The number of esters is 2. The van der Waals surface area contributed by atoms with E-state index in [0.717, 1.165) is 51.4 Å². The van der Waals surface area contributed by atoms with Gasteiger partial charge in [0.1, 0.15) is 11.2 Å². The van der Waals surface area contributed by atoms with Crippen LogP contribution in [0.1, 0.15) is 247 Å². The molecule has 0 aliphatic rings. The summed E-state index contributed by atoms with van der Waals surface area (Å²) in [4.78, 5) is 25.9. The van der Waals surface area contributed by atoms with E-state index < -0.39 is 0 Å². The van der Waals surface area contributed by atoms with Gasteiger partial charge in [-0.3, -0.25) is 9.59 Å². The van der Waals surface area contributed by atoms with Crippen LogP contribution >= 0.6 is 0 Å². The zero-order chi connectivity index (χ0) is 34.2. The molecule has 0 heterocycles. The van der Waals surface area contributed by atoms with Crippen molar-refractivity contribution in [2.45, 2.75) is 258 Å². The average molecular weight is 651 g/mol. The summed E-state index contributed by atoms with van der Waals surface area (Å²) in [7, 11) is 0. The molecule has 0 aliphatic heterocycles. The monoisotopic (exact) mass is 651 g/mol. The zero-order valence-corrected chi connectivity index (χ0v) is 32.3. The van der Waals surface area contributed by atoms with Crippen LogP contribution in [0.2, 0.25) is 0 Å². The second-order valence-electron chi connectivity index (χ2n) is 15.1. The second-order valence-corrected chi connectivity index (χ2v) is 15.1. The number of hydrogen-bond acceptors (Lipinski definition) is 4. The van der Waals surface area contributed by atoms with Gasteiger partial charge in [-0.15, -0.1) is 0 Å². The van der Waals surface area contributed by atoms with E-state index in [9.17, 15) is 9.59 Å². The maximum absolute atomic E-state index is 13.0. The van der Waals surface area contributed by atoms with Gasteiger partial charge >= 0.3 is 11.9 Å². The quantitative estimate of drug-likeness (QED) is 0.0506.